The summed E-state index contributed by atoms with van der Waals surface area (Å²) in [5.41, 5.74) is -0.0932. The average molecular weight is 296 g/mol. The largest absolute Gasteiger partial charge is 0.488 e. The van der Waals surface area contributed by atoms with E-state index in [0.29, 0.717) is 5.75 Å². The fourth-order valence-electron chi connectivity index (χ4n) is 2.17. The second-order valence-corrected chi connectivity index (χ2v) is 4.52. The van der Waals surface area contributed by atoms with Gasteiger partial charge in [0.05, 0.1) is 11.5 Å². The predicted molar refractivity (Wildman–Crippen MR) is 68.3 cm³/mol. The van der Waals surface area contributed by atoms with E-state index < -0.39 is 29.1 Å². The lowest BCUT2D eigenvalue weighted by molar-refractivity contribution is -0.384. The van der Waals surface area contributed by atoms with Crippen molar-refractivity contribution in [1.29, 1.82) is 0 Å². The van der Waals surface area contributed by atoms with Crippen molar-refractivity contribution in [2.75, 3.05) is 6.54 Å². The van der Waals surface area contributed by atoms with Gasteiger partial charge in [0.25, 0.3) is 5.69 Å². The molecule has 1 saturated heterocycles. The summed E-state index contributed by atoms with van der Waals surface area (Å²) in [4.78, 5) is 32.7. The highest BCUT2D eigenvalue weighted by Crippen LogP contribution is 2.24. The van der Waals surface area contributed by atoms with Gasteiger partial charge in [-0.25, -0.2) is 9.59 Å². The number of rotatable bonds is 4. The summed E-state index contributed by atoms with van der Waals surface area (Å²) in [6.07, 6.45) is -1.90. The number of nitro groups is 1. The first-order valence-corrected chi connectivity index (χ1v) is 6.02. The first-order chi connectivity index (χ1) is 9.88. The number of likely N-dealkylation sites (tertiary alicyclic amines) is 1. The maximum Gasteiger partial charge on any atom is 0.408 e. The van der Waals surface area contributed by atoms with Crippen LogP contribution in [0.2, 0.25) is 0 Å². The summed E-state index contributed by atoms with van der Waals surface area (Å²) in [5.74, 6) is -0.908. The first-order valence-electron chi connectivity index (χ1n) is 6.02. The number of nitro benzene ring substituents is 1. The topological polar surface area (TPSA) is 130 Å². The van der Waals surface area contributed by atoms with Crippen molar-refractivity contribution in [2.45, 2.75) is 18.6 Å². The Labute approximate surface area is 118 Å². The number of amides is 1. The van der Waals surface area contributed by atoms with E-state index in [-0.39, 0.29) is 18.7 Å². The van der Waals surface area contributed by atoms with Crippen molar-refractivity contribution in [2.24, 2.45) is 0 Å². The average Bonchev–Trinajstić information content (AvgIpc) is 2.83. The van der Waals surface area contributed by atoms with Crippen LogP contribution in [0.25, 0.3) is 0 Å². The van der Waals surface area contributed by atoms with Crippen LogP contribution in [-0.2, 0) is 4.79 Å². The Balaban J connectivity index is 2.05. The zero-order valence-electron chi connectivity index (χ0n) is 10.7. The van der Waals surface area contributed by atoms with E-state index in [9.17, 15) is 19.7 Å². The van der Waals surface area contributed by atoms with E-state index in [0.717, 1.165) is 4.90 Å². The minimum absolute atomic E-state index is 0.0264. The molecule has 1 heterocycles. The Hall–Kier alpha value is -2.84. The van der Waals surface area contributed by atoms with E-state index in [1.807, 2.05) is 0 Å². The number of hydrogen-bond donors (Lipinski definition) is 2. The third kappa shape index (κ3) is 3.19. The second-order valence-electron chi connectivity index (χ2n) is 4.52. The summed E-state index contributed by atoms with van der Waals surface area (Å²) in [6.45, 7) is -0.0662. The molecule has 1 amide bonds. The fourth-order valence-corrected chi connectivity index (χ4v) is 2.17. The van der Waals surface area contributed by atoms with Gasteiger partial charge in [-0.05, 0) is 12.1 Å². The molecule has 9 heteroatoms. The molecular weight excluding hydrogens is 284 g/mol. The molecular formula is C12H12N2O7. The quantitative estimate of drug-likeness (QED) is 0.630. The van der Waals surface area contributed by atoms with Gasteiger partial charge in [0, 0.05) is 18.6 Å². The number of carboxylic acids is 1. The molecule has 112 valence electrons. The molecule has 1 aromatic carbocycles. The second kappa shape index (κ2) is 5.65. The van der Waals surface area contributed by atoms with Crippen molar-refractivity contribution in [3.05, 3.63) is 34.4 Å². The normalized spacial score (nSPS) is 21.0. The molecule has 1 fully saturated rings. The number of benzene rings is 1. The molecule has 1 aromatic rings. The van der Waals surface area contributed by atoms with Crippen LogP contribution >= 0.6 is 0 Å². The molecule has 2 atom stereocenters. The van der Waals surface area contributed by atoms with E-state index in [2.05, 4.69) is 0 Å². The van der Waals surface area contributed by atoms with Crippen LogP contribution in [0, 0.1) is 10.1 Å². The fraction of sp³-hybridized carbons (Fsp3) is 0.333. The lowest BCUT2D eigenvalue weighted by atomic mass is 10.2. The number of carboxylic acid groups (broad SMARTS) is 2. The van der Waals surface area contributed by atoms with Gasteiger partial charge in [0.2, 0.25) is 0 Å². The standard InChI is InChI=1S/C12H12N2O7/c15-11(16)10-5-9(6-13(10)12(17)18)21-8-3-1-7(2-4-8)14(19)20/h1-4,9-10H,5-6H2,(H,15,16)(H,17,18)/t9-,10-/m0/s1. The van der Waals surface area contributed by atoms with Gasteiger partial charge in [-0.3, -0.25) is 15.0 Å². The smallest absolute Gasteiger partial charge is 0.408 e. The van der Waals surface area contributed by atoms with Gasteiger partial charge in [-0.2, -0.15) is 0 Å². The van der Waals surface area contributed by atoms with Gasteiger partial charge >= 0.3 is 12.1 Å². The molecule has 9 nitrogen and oxygen atoms in total. The lowest BCUT2D eigenvalue weighted by Gasteiger charge is -2.16. The Bertz CT molecular complexity index is 549. The van der Waals surface area contributed by atoms with E-state index in [4.69, 9.17) is 14.9 Å². The number of ether oxygens (including phenoxy) is 1. The Morgan fingerprint density at radius 3 is 2.33 bits per heavy atom. The van der Waals surface area contributed by atoms with Crippen LogP contribution in [0.1, 0.15) is 6.42 Å². The SMILES string of the molecule is O=C(O)[C@@H]1C[C@H](Oc2ccc([N+](=O)[O-])cc2)CN1C(=O)O. The van der Waals surface area contributed by atoms with E-state index in [1.54, 1.807) is 0 Å². The van der Waals surface area contributed by atoms with Crippen molar-refractivity contribution in [3.63, 3.8) is 0 Å². The number of non-ortho nitro benzene ring substituents is 1. The monoisotopic (exact) mass is 296 g/mol. The molecule has 2 rings (SSSR count). The minimum Gasteiger partial charge on any atom is -0.488 e. The van der Waals surface area contributed by atoms with Crippen molar-refractivity contribution < 1.29 is 29.5 Å². The summed E-state index contributed by atoms with van der Waals surface area (Å²) in [7, 11) is 0. The van der Waals surface area contributed by atoms with E-state index in [1.165, 1.54) is 24.3 Å². The molecule has 1 aliphatic heterocycles. The molecule has 0 aromatic heterocycles. The number of carbonyl (C=O) groups is 2. The maximum atomic E-state index is 11.0. The lowest BCUT2D eigenvalue weighted by Crippen LogP contribution is -2.39. The summed E-state index contributed by atoms with van der Waals surface area (Å²) in [5, 5.41) is 28.4. The van der Waals surface area contributed by atoms with Crippen molar-refractivity contribution in [3.8, 4) is 5.75 Å². The Morgan fingerprint density at radius 2 is 1.90 bits per heavy atom. The molecule has 0 spiro atoms. The summed E-state index contributed by atoms with van der Waals surface area (Å²) >= 11 is 0. The van der Waals surface area contributed by atoms with Gasteiger partial charge in [-0.1, -0.05) is 0 Å². The van der Waals surface area contributed by atoms with Crippen LogP contribution < -0.4 is 4.74 Å². The van der Waals surface area contributed by atoms with Gasteiger partial charge in [0.1, 0.15) is 17.9 Å². The van der Waals surface area contributed by atoms with Crippen LogP contribution in [-0.4, -0.2) is 50.8 Å². The zero-order chi connectivity index (χ0) is 15.6. The summed E-state index contributed by atoms with van der Waals surface area (Å²) < 4.78 is 5.48. The molecule has 2 N–H and O–H groups in total. The van der Waals surface area contributed by atoms with Crippen molar-refractivity contribution in [1.82, 2.24) is 4.90 Å². The highest BCUT2D eigenvalue weighted by Gasteiger charge is 2.40. The highest BCUT2D eigenvalue weighted by atomic mass is 16.6. The van der Waals surface area contributed by atoms with Crippen molar-refractivity contribution >= 4 is 17.7 Å². The molecule has 1 aliphatic rings. The minimum atomic E-state index is -1.32. The van der Waals surface area contributed by atoms with Gasteiger partial charge in [-0.15, -0.1) is 0 Å². The van der Waals surface area contributed by atoms with E-state index >= 15 is 0 Å². The van der Waals surface area contributed by atoms with Crippen LogP contribution in [0.15, 0.2) is 24.3 Å². The highest BCUT2D eigenvalue weighted by molar-refractivity contribution is 5.80. The third-order valence-electron chi connectivity index (χ3n) is 3.14. The zero-order valence-corrected chi connectivity index (χ0v) is 10.7. The molecule has 0 aliphatic carbocycles. The molecule has 21 heavy (non-hydrogen) atoms. The molecule has 0 bridgehead atoms. The van der Waals surface area contributed by atoms with Crippen LogP contribution in [0.5, 0.6) is 5.75 Å². The van der Waals surface area contributed by atoms with Crippen LogP contribution in [0.3, 0.4) is 0 Å². The Morgan fingerprint density at radius 1 is 1.29 bits per heavy atom. The first kappa shape index (κ1) is 14.6. The molecule has 0 unspecified atom stereocenters. The van der Waals surface area contributed by atoms with Crippen LogP contribution in [0.4, 0.5) is 10.5 Å². The van der Waals surface area contributed by atoms with Gasteiger partial charge < -0.3 is 14.9 Å². The Kier molecular flexibility index (Phi) is 3.92. The summed E-state index contributed by atoms with van der Waals surface area (Å²) in [6, 6.07) is 4.14. The number of aliphatic carboxylic acids is 1. The maximum absolute atomic E-state index is 11.0. The predicted octanol–water partition coefficient (Wildman–Crippen LogP) is 1.18. The number of hydrogen-bond acceptors (Lipinski definition) is 5. The molecule has 0 saturated carbocycles. The molecule has 0 radical (unpaired) electrons. The third-order valence-corrected chi connectivity index (χ3v) is 3.14. The van der Waals surface area contributed by atoms with Gasteiger partial charge in [0.15, 0.2) is 0 Å². The number of nitrogens with zero attached hydrogens (tertiary/aromatic N) is 2.